The van der Waals surface area contributed by atoms with Crippen molar-refractivity contribution in [1.29, 1.82) is 0 Å². The highest BCUT2D eigenvalue weighted by Gasteiger charge is 2.19. The first-order valence-corrected chi connectivity index (χ1v) is 21.8. The number of rotatable bonds is 38. The van der Waals surface area contributed by atoms with Crippen LogP contribution in [-0.2, 0) is 28.6 Å². The van der Waals surface area contributed by atoms with Crippen molar-refractivity contribution in [1.82, 2.24) is 0 Å². The van der Waals surface area contributed by atoms with E-state index in [4.69, 9.17) is 14.2 Å². The molecule has 0 aliphatic heterocycles. The van der Waals surface area contributed by atoms with Crippen LogP contribution in [0.3, 0.4) is 0 Å². The second kappa shape index (κ2) is 41.9. The minimum absolute atomic E-state index is 0.106. The van der Waals surface area contributed by atoms with Gasteiger partial charge in [-0.1, -0.05) is 171 Å². The zero-order chi connectivity index (χ0) is 38.7. The maximum absolute atomic E-state index is 12.6. The van der Waals surface area contributed by atoms with E-state index in [1.807, 2.05) is 12.2 Å². The molecule has 0 aromatic rings. The molecule has 6 nitrogen and oxygen atoms in total. The van der Waals surface area contributed by atoms with Crippen LogP contribution in [-0.4, -0.2) is 37.2 Å². The van der Waals surface area contributed by atoms with E-state index in [-0.39, 0.29) is 31.6 Å². The van der Waals surface area contributed by atoms with Crippen LogP contribution in [0, 0.1) is 0 Å². The number of carbonyl (C=O) groups is 3. The van der Waals surface area contributed by atoms with Gasteiger partial charge < -0.3 is 14.2 Å². The Morgan fingerprint density at radius 2 is 0.774 bits per heavy atom. The minimum Gasteiger partial charge on any atom is -0.462 e. The molecule has 0 saturated carbocycles. The minimum atomic E-state index is -0.809. The summed E-state index contributed by atoms with van der Waals surface area (Å²) >= 11 is 0. The second-order valence-electron chi connectivity index (χ2n) is 14.2. The molecule has 53 heavy (non-hydrogen) atoms. The summed E-state index contributed by atoms with van der Waals surface area (Å²) in [5, 5.41) is 0. The molecule has 1 atom stereocenters. The number of carbonyl (C=O) groups excluding carboxylic acids is 3. The topological polar surface area (TPSA) is 78.9 Å². The van der Waals surface area contributed by atoms with Crippen molar-refractivity contribution in [2.45, 2.75) is 207 Å². The van der Waals surface area contributed by atoms with Gasteiger partial charge in [0.2, 0.25) is 0 Å². The summed E-state index contributed by atoms with van der Waals surface area (Å²) in [6.45, 7) is 6.37. The van der Waals surface area contributed by atoms with Gasteiger partial charge in [0.1, 0.15) is 13.2 Å². The smallest absolute Gasteiger partial charge is 0.306 e. The molecule has 0 aliphatic rings. The number of hydrogen-bond donors (Lipinski definition) is 0. The fraction of sp³-hybridized carbons (Fsp3) is 0.723. The Morgan fingerprint density at radius 1 is 0.396 bits per heavy atom. The van der Waals surface area contributed by atoms with Crippen LogP contribution < -0.4 is 0 Å². The standard InChI is InChI=1S/C47H80O6/c1-4-7-10-13-16-18-20-22-23-24-26-27-29-31-34-37-40-46(49)52-43-44(42-51-45(48)39-36-33-15-12-9-6-3)53-47(50)41-38-35-32-30-28-25-21-19-17-14-11-8-5-2/h8,11,17,19,23-25,28,32,35,44H,4-7,9-10,12-16,18,20-22,26-27,29-31,33-34,36-43H2,1-3H3/b11-8-,19-17-,24-23-,28-25-,35-32-. The molecule has 1 unspecified atom stereocenters. The number of ether oxygens (including phenoxy) is 3. The summed E-state index contributed by atoms with van der Waals surface area (Å²) in [5.41, 5.74) is 0. The lowest BCUT2D eigenvalue weighted by molar-refractivity contribution is -0.166. The lowest BCUT2D eigenvalue weighted by Gasteiger charge is -2.18. The first kappa shape index (κ1) is 50.1. The number of unbranched alkanes of at least 4 members (excludes halogenated alkanes) is 17. The van der Waals surface area contributed by atoms with E-state index in [1.54, 1.807) is 0 Å². The maximum Gasteiger partial charge on any atom is 0.306 e. The molecule has 0 saturated heterocycles. The van der Waals surface area contributed by atoms with Crippen LogP contribution in [0.1, 0.15) is 201 Å². The van der Waals surface area contributed by atoms with E-state index in [1.165, 1.54) is 83.5 Å². The van der Waals surface area contributed by atoms with Crippen molar-refractivity contribution in [2.24, 2.45) is 0 Å². The Hall–Kier alpha value is -2.89. The van der Waals surface area contributed by atoms with Crippen molar-refractivity contribution in [2.75, 3.05) is 13.2 Å². The third kappa shape index (κ3) is 40.1. The van der Waals surface area contributed by atoms with E-state index in [0.29, 0.717) is 19.3 Å². The van der Waals surface area contributed by atoms with E-state index in [9.17, 15) is 14.4 Å². The molecule has 0 aromatic heterocycles. The molecule has 0 spiro atoms. The Morgan fingerprint density at radius 3 is 1.23 bits per heavy atom. The van der Waals surface area contributed by atoms with Gasteiger partial charge in [-0.2, -0.15) is 0 Å². The molecule has 0 aliphatic carbocycles. The Labute approximate surface area is 326 Å². The molecule has 304 valence electrons. The molecule has 0 bridgehead atoms. The quantitative estimate of drug-likeness (QED) is 0.0271. The number of hydrogen-bond acceptors (Lipinski definition) is 6. The fourth-order valence-corrected chi connectivity index (χ4v) is 5.74. The van der Waals surface area contributed by atoms with E-state index < -0.39 is 12.1 Å². The van der Waals surface area contributed by atoms with Gasteiger partial charge in [0.05, 0.1) is 0 Å². The van der Waals surface area contributed by atoms with Crippen LogP contribution in [0.5, 0.6) is 0 Å². The van der Waals surface area contributed by atoms with Crippen molar-refractivity contribution in [3.8, 4) is 0 Å². The molecule has 0 amide bonds. The first-order chi connectivity index (χ1) is 26.0. The third-order valence-corrected chi connectivity index (χ3v) is 9.02. The molecule has 6 heteroatoms. The second-order valence-corrected chi connectivity index (χ2v) is 14.2. The number of allylic oxidation sites excluding steroid dienone is 10. The highest BCUT2D eigenvalue weighted by molar-refractivity contribution is 5.71. The first-order valence-electron chi connectivity index (χ1n) is 21.8. The summed E-state index contributed by atoms with van der Waals surface area (Å²) in [5.74, 6) is -1.01. The number of esters is 3. The van der Waals surface area contributed by atoms with Gasteiger partial charge in [-0.3, -0.25) is 14.4 Å². The zero-order valence-corrected chi connectivity index (χ0v) is 34.5. The highest BCUT2D eigenvalue weighted by Crippen LogP contribution is 2.12. The summed E-state index contributed by atoms with van der Waals surface area (Å²) in [6.07, 6.45) is 49.5. The average Bonchev–Trinajstić information content (AvgIpc) is 3.15. The molecule has 0 radical (unpaired) electrons. The van der Waals surface area contributed by atoms with Gasteiger partial charge in [0.15, 0.2) is 6.10 Å². The van der Waals surface area contributed by atoms with Crippen LogP contribution in [0.15, 0.2) is 60.8 Å². The van der Waals surface area contributed by atoms with Gasteiger partial charge in [-0.15, -0.1) is 0 Å². The Bertz CT molecular complexity index is 991. The molecule has 0 rings (SSSR count). The lowest BCUT2D eigenvalue weighted by atomic mass is 10.1. The third-order valence-electron chi connectivity index (χ3n) is 9.02. The van der Waals surface area contributed by atoms with Gasteiger partial charge in [0, 0.05) is 19.3 Å². The van der Waals surface area contributed by atoms with E-state index in [2.05, 4.69) is 69.4 Å². The van der Waals surface area contributed by atoms with Crippen LogP contribution in [0.25, 0.3) is 0 Å². The maximum atomic E-state index is 12.6. The van der Waals surface area contributed by atoms with Crippen molar-refractivity contribution in [3.63, 3.8) is 0 Å². The summed E-state index contributed by atoms with van der Waals surface area (Å²) in [6, 6.07) is 0. The van der Waals surface area contributed by atoms with Crippen LogP contribution in [0.2, 0.25) is 0 Å². The molecular weight excluding hydrogens is 661 g/mol. The molecule has 0 heterocycles. The molecular formula is C47H80O6. The Kier molecular flexibility index (Phi) is 39.6. The van der Waals surface area contributed by atoms with Gasteiger partial charge >= 0.3 is 17.9 Å². The average molecular weight is 741 g/mol. The monoisotopic (exact) mass is 741 g/mol. The van der Waals surface area contributed by atoms with Crippen LogP contribution >= 0.6 is 0 Å². The predicted molar refractivity (Wildman–Crippen MR) is 224 cm³/mol. The SMILES string of the molecule is CC/C=C\C/C=C\C/C=C\C/C=C\CCC(=O)OC(COC(=O)CCCCCCCC)COC(=O)CCCCCCC/C=C\CCCCCCCCC. The Balaban J connectivity index is 4.38. The van der Waals surface area contributed by atoms with Crippen molar-refractivity contribution in [3.05, 3.63) is 60.8 Å². The summed E-state index contributed by atoms with van der Waals surface area (Å²) in [7, 11) is 0. The van der Waals surface area contributed by atoms with Gasteiger partial charge in [-0.05, 0) is 70.6 Å². The van der Waals surface area contributed by atoms with E-state index in [0.717, 1.165) is 70.6 Å². The molecule has 0 aromatic carbocycles. The zero-order valence-electron chi connectivity index (χ0n) is 34.5. The largest absolute Gasteiger partial charge is 0.462 e. The van der Waals surface area contributed by atoms with Crippen molar-refractivity contribution >= 4 is 17.9 Å². The van der Waals surface area contributed by atoms with Crippen molar-refractivity contribution < 1.29 is 28.6 Å². The normalized spacial score (nSPS) is 12.6. The van der Waals surface area contributed by atoms with Gasteiger partial charge in [-0.25, -0.2) is 0 Å². The van der Waals surface area contributed by atoms with Gasteiger partial charge in [0.25, 0.3) is 0 Å². The highest BCUT2D eigenvalue weighted by atomic mass is 16.6. The van der Waals surface area contributed by atoms with Crippen LogP contribution in [0.4, 0.5) is 0 Å². The summed E-state index contributed by atoms with van der Waals surface area (Å²) < 4.78 is 16.5. The molecule has 0 N–H and O–H groups in total. The molecule has 0 fully saturated rings. The summed E-state index contributed by atoms with van der Waals surface area (Å²) in [4.78, 5) is 37.4. The lowest BCUT2D eigenvalue weighted by Crippen LogP contribution is -2.30. The van der Waals surface area contributed by atoms with E-state index >= 15 is 0 Å². The predicted octanol–water partition coefficient (Wildman–Crippen LogP) is 13.7. The fourth-order valence-electron chi connectivity index (χ4n) is 5.74.